The van der Waals surface area contributed by atoms with E-state index < -0.39 is 18.2 Å². The molecule has 1 saturated carbocycles. The minimum Gasteiger partial charge on any atom is -0.462 e. The van der Waals surface area contributed by atoms with Gasteiger partial charge in [-0.05, 0) is 38.5 Å². The largest absolute Gasteiger partial charge is 0.462 e. The van der Waals surface area contributed by atoms with Crippen molar-refractivity contribution in [3.63, 3.8) is 0 Å². The monoisotopic (exact) mass is 382 g/mol. The highest BCUT2D eigenvalue weighted by Crippen LogP contribution is 2.27. The summed E-state index contributed by atoms with van der Waals surface area (Å²) in [4.78, 5) is 23.4. The molecule has 0 spiro atoms. The van der Waals surface area contributed by atoms with Gasteiger partial charge in [-0.25, -0.2) is 4.79 Å². The second kappa shape index (κ2) is 13.8. The SMILES string of the molecule is C=C(C)C(=O)OCC1CCC(OC(=O)CCCCCCCCCC)C(O)C1. The topological polar surface area (TPSA) is 72.8 Å². The predicted molar refractivity (Wildman–Crippen MR) is 106 cm³/mol. The first kappa shape index (κ1) is 23.7. The van der Waals surface area contributed by atoms with Crippen molar-refractivity contribution in [1.29, 1.82) is 0 Å². The number of aliphatic hydroxyl groups excluding tert-OH is 1. The Morgan fingerprint density at radius 1 is 1.04 bits per heavy atom. The second-order valence-electron chi connectivity index (χ2n) is 7.88. The molecule has 5 heteroatoms. The fourth-order valence-corrected chi connectivity index (χ4v) is 3.44. The third-order valence-corrected chi connectivity index (χ3v) is 5.18. The van der Waals surface area contributed by atoms with Gasteiger partial charge >= 0.3 is 11.9 Å². The maximum Gasteiger partial charge on any atom is 0.333 e. The summed E-state index contributed by atoms with van der Waals surface area (Å²) in [5, 5.41) is 10.2. The summed E-state index contributed by atoms with van der Waals surface area (Å²) < 4.78 is 10.6. The van der Waals surface area contributed by atoms with E-state index in [0.29, 0.717) is 24.8 Å². The van der Waals surface area contributed by atoms with E-state index in [2.05, 4.69) is 13.5 Å². The number of carbonyl (C=O) groups excluding carboxylic acids is 2. The van der Waals surface area contributed by atoms with E-state index in [4.69, 9.17) is 9.47 Å². The van der Waals surface area contributed by atoms with Crippen LogP contribution in [0, 0.1) is 5.92 Å². The fourth-order valence-electron chi connectivity index (χ4n) is 3.44. The molecule has 0 radical (unpaired) electrons. The number of ether oxygens (including phenoxy) is 2. The summed E-state index contributed by atoms with van der Waals surface area (Å²) in [7, 11) is 0. The zero-order valence-corrected chi connectivity index (χ0v) is 17.2. The number of hydrogen-bond acceptors (Lipinski definition) is 5. The molecule has 3 unspecified atom stereocenters. The van der Waals surface area contributed by atoms with E-state index in [9.17, 15) is 14.7 Å². The molecule has 1 N–H and O–H groups in total. The molecule has 0 aliphatic heterocycles. The number of aliphatic hydroxyl groups is 1. The highest BCUT2D eigenvalue weighted by Gasteiger charge is 2.32. The first-order chi connectivity index (χ1) is 12.9. The smallest absolute Gasteiger partial charge is 0.333 e. The first-order valence-corrected chi connectivity index (χ1v) is 10.6. The van der Waals surface area contributed by atoms with Gasteiger partial charge in [-0.15, -0.1) is 0 Å². The van der Waals surface area contributed by atoms with Gasteiger partial charge in [-0.3, -0.25) is 4.79 Å². The highest BCUT2D eigenvalue weighted by atomic mass is 16.6. The van der Waals surface area contributed by atoms with Crippen LogP contribution in [-0.4, -0.2) is 35.9 Å². The average molecular weight is 383 g/mol. The summed E-state index contributed by atoms with van der Waals surface area (Å²) in [5.74, 6) is -0.508. The van der Waals surface area contributed by atoms with Crippen LogP contribution < -0.4 is 0 Å². The average Bonchev–Trinajstić information content (AvgIpc) is 2.63. The molecule has 0 aromatic heterocycles. The lowest BCUT2D eigenvalue weighted by molar-refractivity contribution is -0.160. The molecule has 0 aromatic rings. The lowest BCUT2D eigenvalue weighted by Gasteiger charge is -2.32. The Morgan fingerprint density at radius 2 is 1.67 bits per heavy atom. The molecule has 27 heavy (non-hydrogen) atoms. The van der Waals surface area contributed by atoms with Gasteiger partial charge in [0, 0.05) is 12.0 Å². The number of unbranched alkanes of at least 4 members (excludes halogenated alkanes) is 7. The minimum absolute atomic E-state index is 0.103. The van der Waals surface area contributed by atoms with Crippen LogP contribution in [0.3, 0.4) is 0 Å². The lowest BCUT2D eigenvalue weighted by Crippen LogP contribution is -2.38. The van der Waals surface area contributed by atoms with Crippen molar-refractivity contribution in [2.24, 2.45) is 5.92 Å². The van der Waals surface area contributed by atoms with Crippen molar-refractivity contribution in [1.82, 2.24) is 0 Å². The molecule has 0 aromatic carbocycles. The van der Waals surface area contributed by atoms with E-state index in [-0.39, 0.29) is 18.5 Å². The van der Waals surface area contributed by atoms with Crippen molar-refractivity contribution >= 4 is 11.9 Å². The van der Waals surface area contributed by atoms with Gasteiger partial charge in [0.15, 0.2) is 0 Å². The zero-order chi connectivity index (χ0) is 20.1. The number of carbonyl (C=O) groups is 2. The van der Waals surface area contributed by atoms with Crippen LogP contribution in [0.4, 0.5) is 0 Å². The van der Waals surface area contributed by atoms with Crippen LogP contribution >= 0.6 is 0 Å². The molecule has 0 heterocycles. The van der Waals surface area contributed by atoms with Gasteiger partial charge in [-0.1, -0.05) is 58.4 Å². The number of hydrogen-bond donors (Lipinski definition) is 1. The molecule has 0 amide bonds. The summed E-state index contributed by atoms with van der Waals surface area (Å²) >= 11 is 0. The quantitative estimate of drug-likeness (QED) is 0.284. The van der Waals surface area contributed by atoms with E-state index in [1.54, 1.807) is 6.92 Å². The van der Waals surface area contributed by atoms with Crippen LogP contribution in [0.15, 0.2) is 12.2 Å². The normalized spacial score (nSPS) is 22.3. The van der Waals surface area contributed by atoms with Crippen molar-refractivity contribution in [2.45, 2.75) is 103 Å². The fraction of sp³-hybridized carbons (Fsp3) is 0.818. The number of esters is 2. The van der Waals surface area contributed by atoms with Gasteiger partial charge in [0.1, 0.15) is 6.10 Å². The van der Waals surface area contributed by atoms with Crippen LogP contribution in [0.2, 0.25) is 0 Å². The maximum absolute atomic E-state index is 12.0. The van der Waals surface area contributed by atoms with E-state index in [1.165, 1.54) is 38.5 Å². The summed E-state index contributed by atoms with van der Waals surface area (Å²) in [6.07, 6.45) is 10.7. The van der Waals surface area contributed by atoms with Crippen molar-refractivity contribution < 1.29 is 24.2 Å². The van der Waals surface area contributed by atoms with Crippen LogP contribution in [-0.2, 0) is 19.1 Å². The number of rotatable bonds is 13. The molecule has 5 nitrogen and oxygen atoms in total. The van der Waals surface area contributed by atoms with Crippen molar-refractivity contribution in [3.8, 4) is 0 Å². The summed E-state index contributed by atoms with van der Waals surface area (Å²) in [5.41, 5.74) is 0.374. The molecule has 3 atom stereocenters. The van der Waals surface area contributed by atoms with Gasteiger partial charge in [-0.2, -0.15) is 0 Å². The molecule has 1 aliphatic rings. The molecule has 0 saturated heterocycles. The Balaban J connectivity index is 2.12. The molecule has 1 rings (SSSR count). The Labute approximate surface area is 164 Å². The molecule has 1 aliphatic carbocycles. The molecular formula is C22H38O5. The van der Waals surface area contributed by atoms with E-state index in [0.717, 1.165) is 19.3 Å². The van der Waals surface area contributed by atoms with E-state index in [1.807, 2.05) is 0 Å². The molecule has 156 valence electrons. The Kier molecular flexibility index (Phi) is 12.1. The first-order valence-electron chi connectivity index (χ1n) is 10.6. The Morgan fingerprint density at radius 3 is 2.26 bits per heavy atom. The molecular weight excluding hydrogens is 344 g/mol. The standard InChI is InChI=1S/C22H38O5/c1-4-5-6-7-8-9-10-11-12-21(24)27-20-14-13-18(15-19(20)23)16-26-22(25)17(2)3/h18-20,23H,2,4-16H2,1,3H3. The van der Waals surface area contributed by atoms with Crippen LogP contribution in [0.25, 0.3) is 0 Å². The van der Waals surface area contributed by atoms with E-state index >= 15 is 0 Å². The summed E-state index contributed by atoms with van der Waals surface area (Å²) in [6.45, 7) is 7.66. The Bertz CT molecular complexity index is 460. The third kappa shape index (κ3) is 10.5. The van der Waals surface area contributed by atoms with Crippen LogP contribution in [0.5, 0.6) is 0 Å². The minimum atomic E-state index is -0.685. The van der Waals surface area contributed by atoms with Gasteiger partial charge in [0.05, 0.1) is 12.7 Å². The van der Waals surface area contributed by atoms with Gasteiger partial charge in [0.2, 0.25) is 0 Å². The van der Waals surface area contributed by atoms with Crippen molar-refractivity contribution in [3.05, 3.63) is 12.2 Å². The van der Waals surface area contributed by atoms with Gasteiger partial charge < -0.3 is 14.6 Å². The third-order valence-electron chi connectivity index (χ3n) is 5.18. The lowest BCUT2D eigenvalue weighted by atomic mass is 9.86. The summed E-state index contributed by atoms with van der Waals surface area (Å²) in [6, 6.07) is 0. The van der Waals surface area contributed by atoms with Crippen molar-refractivity contribution in [2.75, 3.05) is 6.61 Å². The second-order valence-corrected chi connectivity index (χ2v) is 7.88. The predicted octanol–water partition coefficient (Wildman–Crippen LogP) is 4.71. The maximum atomic E-state index is 12.0. The Hall–Kier alpha value is -1.36. The zero-order valence-electron chi connectivity index (χ0n) is 17.2. The highest BCUT2D eigenvalue weighted by molar-refractivity contribution is 5.86. The molecule has 0 bridgehead atoms. The molecule has 1 fully saturated rings. The van der Waals surface area contributed by atoms with Gasteiger partial charge in [0.25, 0.3) is 0 Å². The van der Waals surface area contributed by atoms with Crippen LogP contribution in [0.1, 0.15) is 90.9 Å².